The Kier molecular flexibility index (Phi) is 2.75. The third-order valence-electron chi connectivity index (χ3n) is 4.05. The molecular formula is C12H21NO2. The molecule has 2 aliphatic rings. The summed E-state index contributed by atoms with van der Waals surface area (Å²) in [6.45, 7) is 4.30. The molecule has 2 fully saturated rings. The van der Waals surface area contributed by atoms with E-state index >= 15 is 0 Å². The van der Waals surface area contributed by atoms with Crippen LogP contribution in [-0.4, -0.2) is 22.7 Å². The first-order valence-corrected chi connectivity index (χ1v) is 6.05. The van der Waals surface area contributed by atoms with Crippen molar-refractivity contribution in [2.45, 2.75) is 57.5 Å². The van der Waals surface area contributed by atoms with Crippen molar-refractivity contribution in [2.24, 2.45) is 11.8 Å². The maximum atomic E-state index is 11.5. The minimum Gasteiger partial charge on any atom is -0.480 e. The maximum absolute atomic E-state index is 11.5. The van der Waals surface area contributed by atoms with E-state index in [1.54, 1.807) is 0 Å². The van der Waals surface area contributed by atoms with Crippen LogP contribution in [-0.2, 0) is 4.79 Å². The second kappa shape index (κ2) is 3.78. The molecule has 0 bridgehead atoms. The fraction of sp³-hybridized carbons (Fsp3) is 0.917. The number of rotatable bonds is 3. The van der Waals surface area contributed by atoms with E-state index in [-0.39, 0.29) is 5.92 Å². The van der Waals surface area contributed by atoms with Gasteiger partial charge in [0.15, 0.2) is 0 Å². The van der Waals surface area contributed by atoms with E-state index in [4.69, 9.17) is 0 Å². The molecule has 3 atom stereocenters. The third-order valence-corrected chi connectivity index (χ3v) is 4.05. The van der Waals surface area contributed by atoms with Crippen LogP contribution >= 0.6 is 0 Å². The number of hydrogen-bond donors (Lipinski definition) is 2. The minimum atomic E-state index is -0.645. The molecule has 0 aromatic heterocycles. The van der Waals surface area contributed by atoms with Crippen LogP contribution in [0.2, 0.25) is 0 Å². The Morgan fingerprint density at radius 3 is 2.47 bits per heavy atom. The number of aliphatic carboxylic acids is 1. The van der Waals surface area contributed by atoms with Crippen LogP contribution in [0.15, 0.2) is 0 Å². The normalized spacial score (nSPS) is 41.5. The Hall–Kier alpha value is -0.570. The third kappa shape index (κ3) is 2.03. The van der Waals surface area contributed by atoms with Crippen LogP contribution in [0.3, 0.4) is 0 Å². The summed E-state index contributed by atoms with van der Waals surface area (Å²) in [5.74, 6) is 0.279. The highest BCUT2D eigenvalue weighted by Crippen LogP contribution is 2.39. The van der Waals surface area contributed by atoms with Crippen molar-refractivity contribution < 1.29 is 9.90 Å². The molecule has 15 heavy (non-hydrogen) atoms. The Balaban J connectivity index is 2.12. The molecule has 0 spiro atoms. The summed E-state index contributed by atoms with van der Waals surface area (Å²) >= 11 is 0. The van der Waals surface area contributed by atoms with Gasteiger partial charge in [0.1, 0.15) is 5.54 Å². The van der Waals surface area contributed by atoms with Crippen LogP contribution in [0.4, 0.5) is 0 Å². The van der Waals surface area contributed by atoms with Crippen molar-refractivity contribution in [2.75, 3.05) is 0 Å². The molecule has 0 saturated heterocycles. The number of nitrogens with one attached hydrogen (secondary N) is 1. The second-order valence-electron chi connectivity index (χ2n) is 5.48. The average molecular weight is 211 g/mol. The van der Waals surface area contributed by atoms with E-state index in [2.05, 4.69) is 19.2 Å². The lowest BCUT2D eigenvalue weighted by atomic mass is 9.70. The van der Waals surface area contributed by atoms with Gasteiger partial charge >= 0.3 is 5.97 Å². The monoisotopic (exact) mass is 211 g/mol. The zero-order valence-electron chi connectivity index (χ0n) is 9.62. The van der Waals surface area contributed by atoms with Crippen molar-refractivity contribution in [1.29, 1.82) is 0 Å². The first kappa shape index (κ1) is 10.9. The Bertz CT molecular complexity index is 262. The smallest absolute Gasteiger partial charge is 0.324 e. The van der Waals surface area contributed by atoms with E-state index < -0.39 is 11.5 Å². The summed E-state index contributed by atoms with van der Waals surface area (Å²) in [5.41, 5.74) is -0.631. The lowest BCUT2D eigenvalue weighted by molar-refractivity contribution is -0.149. The summed E-state index contributed by atoms with van der Waals surface area (Å²) in [5, 5.41) is 12.8. The summed E-state index contributed by atoms with van der Waals surface area (Å²) in [4.78, 5) is 11.5. The van der Waals surface area contributed by atoms with E-state index in [0.29, 0.717) is 12.0 Å². The van der Waals surface area contributed by atoms with Gasteiger partial charge in [-0.2, -0.15) is 0 Å². The van der Waals surface area contributed by atoms with Crippen LogP contribution in [0.1, 0.15) is 46.0 Å². The predicted octanol–water partition coefficient (Wildman–Crippen LogP) is 2.02. The number of carboxylic acids is 1. The molecule has 0 heterocycles. The van der Waals surface area contributed by atoms with Crippen molar-refractivity contribution >= 4 is 5.97 Å². The highest BCUT2D eigenvalue weighted by atomic mass is 16.4. The largest absolute Gasteiger partial charge is 0.480 e. The summed E-state index contributed by atoms with van der Waals surface area (Å²) in [7, 11) is 0. The summed E-state index contributed by atoms with van der Waals surface area (Å²) < 4.78 is 0. The van der Waals surface area contributed by atoms with Crippen LogP contribution in [0.5, 0.6) is 0 Å². The number of carboxylic acid groups (broad SMARTS) is 1. The van der Waals surface area contributed by atoms with Crippen LogP contribution in [0.25, 0.3) is 0 Å². The minimum absolute atomic E-state index is 0.249. The molecule has 3 heteroatoms. The van der Waals surface area contributed by atoms with E-state index in [9.17, 15) is 9.90 Å². The standard InChI is InChI=1S/C12H21NO2/c1-8-5-6-12(11(14)15,9(2)7-8)13-10-3-4-10/h8-10,13H,3-7H2,1-2H3,(H,14,15). The van der Waals surface area contributed by atoms with Crippen molar-refractivity contribution in [3.63, 3.8) is 0 Å². The molecule has 3 unspecified atom stereocenters. The maximum Gasteiger partial charge on any atom is 0.324 e. The average Bonchev–Trinajstić information content (AvgIpc) is 2.93. The topological polar surface area (TPSA) is 49.3 Å². The Morgan fingerprint density at radius 1 is 1.33 bits per heavy atom. The van der Waals surface area contributed by atoms with Gasteiger partial charge in [0.05, 0.1) is 0 Å². The summed E-state index contributed by atoms with van der Waals surface area (Å²) in [6.07, 6.45) is 5.16. The quantitative estimate of drug-likeness (QED) is 0.751. The first-order chi connectivity index (χ1) is 7.04. The molecule has 2 N–H and O–H groups in total. The Labute approximate surface area is 91.2 Å². The fourth-order valence-corrected chi connectivity index (χ4v) is 2.83. The Morgan fingerprint density at radius 2 is 2.00 bits per heavy atom. The number of carbonyl (C=O) groups is 1. The zero-order chi connectivity index (χ0) is 11.1. The van der Waals surface area contributed by atoms with Gasteiger partial charge in [0.25, 0.3) is 0 Å². The molecule has 3 nitrogen and oxygen atoms in total. The van der Waals surface area contributed by atoms with Crippen LogP contribution in [0, 0.1) is 11.8 Å². The van der Waals surface area contributed by atoms with Gasteiger partial charge in [-0.05, 0) is 43.9 Å². The predicted molar refractivity (Wildman–Crippen MR) is 58.7 cm³/mol. The van der Waals surface area contributed by atoms with Crippen molar-refractivity contribution in [3.05, 3.63) is 0 Å². The van der Waals surface area contributed by atoms with E-state index in [1.807, 2.05) is 0 Å². The molecule has 2 rings (SSSR count). The second-order valence-corrected chi connectivity index (χ2v) is 5.48. The van der Waals surface area contributed by atoms with Gasteiger partial charge in [-0.15, -0.1) is 0 Å². The van der Waals surface area contributed by atoms with Gasteiger partial charge in [-0.1, -0.05) is 13.8 Å². The number of hydrogen-bond acceptors (Lipinski definition) is 2. The van der Waals surface area contributed by atoms with Crippen LogP contribution < -0.4 is 5.32 Å². The first-order valence-electron chi connectivity index (χ1n) is 6.05. The highest BCUT2D eigenvalue weighted by molar-refractivity contribution is 5.79. The molecule has 0 amide bonds. The molecule has 0 aromatic carbocycles. The van der Waals surface area contributed by atoms with Crippen molar-refractivity contribution in [1.82, 2.24) is 5.32 Å². The highest BCUT2D eigenvalue weighted by Gasteiger charge is 2.48. The lowest BCUT2D eigenvalue weighted by Gasteiger charge is -2.42. The van der Waals surface area contributed by atoms with Crippen molar-refractivity contribution in [3.8, 4) is 0 Å². The lowest BCUT2D eigenvalue weighted by Crippen LogP contribution is -2.59. The molecule has 2 aliphatic carbocycles. The van der Waals surface area contributed by atoms with Gasteiger partial charge < -0.3 is 5.11 Å². The van der Waals surface area contributed by atoms with Gasteiger partial charge in [-0.3, -0.25) is 10.1 Å². The fourth-order valence-electron chi connectivity index (χ4n) is 2.83. The molecule has 0 aromatic rings. The molecule has 86 valence electrons. The summed E-state index contributed by atoms with van der Waals surface area (Å²) in [6, 6.07) is 0.469. The van der Waals surface area contributed by atoms with Gasteiger partial charge in [0, 0.05) is 6.04 Å². The molecule has 0 aliphatic heterocycles. The zero-order valence-corrected chi connectivity index (χ0v) is 9.62. The molecule has 2 saturated carbocycles. The van der Waals surface area contributed by atoms with E-state index in [1.165, 1.54) is 0 Å². The van der Waals surface area contributed by atoms with E-state index in [0.717, 1.165) is 32.1 Å². The SMILES string of the molecule is CC1CCC(NC2CC2)(C(=O)O)C(C)C1. The molecule has 0 radical (unpaired) electrons. The van der Waals surface area contributed by atoms with Gasteiger partial charge in [-0.25, -0.2) is 0 Å². The molecular weight excluding hydrogens is 190 g/mol. The van der Waals surface area contributed by atoms with Gasteiger partial charge in [0.2, 0.25) is 0 Å².